The average molecular weight is 130 g/mol. The molecule has 9 heavy (non-hydrogen) atoms. The topological polar surface area (TPSA) is 41.1 Å². The van der Waals surface area contributed by atoms with Gasteiger partial charge >= 0.3 is 0 Å². The number of hydrogen-bond donors (Lipinski definition) is 2. The first kappa shape index (κ1) is 8.43. The van der Waals surface area contributed by atoms with Crippen molar-refractivity contribution in [2.45, 2.75) is 33.2 Å². The lowest BCUT2D eigenvalue weighted by Gasteiger charge is -2.19. The van der Waals surface area contributed by atoms with Crippen molar-refractivity contribution in [1.29, 1.82) is 0 Å². The molecule has 0 aliphatic heterocycles. The largest absolute Gasteiger partial charge is 0.291 e. The average Bonchev–Trinajstić information content (AvgIpc) is 1.59. The highest BCUT2D eigenvalue weighted by molar-refractivity contribution is 5.72. The molecule has 0 aliphatic rings. The van der Waals surface area contributed by atoms with Crippen LogP contribution >= 0.6 is 0 Å². The molecule has 0 unspecified atom stereocenters. The van der Waals surface area contributed by atoms with Crippen LogP contribution in [-0.2, 0) is 4.79 Å². The van der Waals surface area contributed by atoms with Crippen LogP contribution in [0.5, 0.6) is 0 Å². The van der Waals surface area contributed by atoms with Crippen molar-refractivity contribution in [3.05, 3.63) is 0 Å². The Morgan fingerprint density at radius 1 is 1.33 bits per heavy atom. The third kappa shape index (κ3) is 7.43. The van der Waals surface area contributed by atoms with Gasteiger partial charge in [0.15, 0.2) is 0 Å². The van der Waals surface area contributed by atoms with Crippen LogP contribution in [0.3, 0.4) is 0 Å². The Bertz CT molecular complexity index is 104. The molecule has 2 N–H and O–H groups in total. The highest BCUT2D eigenvalue weighted by Crippen LogP contribution is 1.94. The van der Waals surface area contributed by atoms with Gasteiger partial charge in [-0.2, -0.15) is 0 Å². The van der Waals surface area contributed by atoms with Crippen molar-refractivity contribution in [3.8, 4) is 0 Å². The smallest absolute Gasteiger partial charge is 0.230 e. The van der Waals surface area contributed by atoms with Crippen molar-refractivity contribution in [3.63, 3.8) is 0 Å². The normalized spacial score (nSPS) is 11.1. The molecule has 0 saturated carbocycles. The summed E-state index contributed by atoms with van der Waals surface area (Å²) >= 11 is 0. The lowest BCUT2D eigenvalue weighted by molar-refractivity contribution is -0.120. The van der Waals surface area contributed by atoms with Gasteiger partial charge in [-0.25, -0.2) is 5.43 Å². The van der Waals surface area contributed by atoms with Gasteiger partial charge in [0.2, 0.25) is 5.91 Å². The summed E-state index contributed by atoms with van der Waals surface area (Å²) in [6, 6.07) is 0. The van der Waals surface area contributed by atoms with Crippen LogP contribution in [0, 0.1) is 0 Å². The maximum atomic E-state index is 10.3. The van der Waals surface area contributed by atoms with Crippen molar-refractivity contribution in [2.75, 3.05) is 0 Å². The Balaban J connectivity index is 3.39. The van der Waals surface area contributed by atoms with E-state index < -0.39 is 0 Å². The fraction of sp³-hybridized carbons (Fsp3) is 0.833. The van der Waals surface area contributed by atoms with Gasteiger partial charge in [0, 0.05) is 12.5 Å². The molecule has 0 fully saturated rings. The van der Waals surface area contributed by atoms with Gasteiger partial charge in [0.05, 0.1) is 0 Å². The Hall–Kier alpha value is -0.570. The third-order valence-corrected chi connectivity index (χ3v) is 0.614. The van der Waals surface area contributed by atoms with E-state index in [0.29, 0.717) is 0 Å². The summed E-state index contributed by atoms with van der Waals surface area (Å²) in [7, 11) is 0. The van der Waals surface area contributed by atoms with Gasteiger partial charge in [0.1, 0.15) is 0 Å². The lowest BCUT2D eigenvalue weighted by Crippen LogP contribution is -2.47. The number of carbonyl (C=O) groups excluding carboxylic acids is 1. The molecule has 0 atom stereocenters. The Labute approximate surface area is 55.8 Å². The molecule has 0 bridgehead atoms. The number of amides is 1. The van der Waals surface area contributed by atoms with Crippen LogP contribution in [0.15, 0.2) is 0 Å². The minimum absolute atomic E-state index is 0.0499. The molecule has 3 heteroatoms. The summed E-state index contributed by atoms with van der Waals surface area (Å²) in [6.45, 7) is 7.40. The van der Waals surface area contributed by atoms with E-state index >= 15 is 0 Å². The van der Waals surface area contributed by atoms with Gasteiger partial charge in [-0.3, -0.25) is 10.2 Å². The van der Waals surface area contributed by atoms with Crippen LogP contribution < -0.4 is 10.9 Å². The molecule has 0 aromatic heterocycles. The molecule has 0 spiro atoms. The van der Waals surface area contributed by atoms with Gasteiger partial charge in [-0.1, -0.05) is 0 Å². The van der Waals surface area contributed by atoms with Crippen molar-refractivity contribution < 1.29 is 4.79 Å². The summed E-state index contributed by atoms with van der Waals surface area (Å²) in [6.07, 6.45) is 0. The van der Waals surface area contributed by atoms with Gasteiger partial charge < -0.3 is 0 Å². The zero-order valence-corrected chi connectivity index (χ0v) is 6.41. The van der Waals surface area contributed by atoms with Crippen LogP contribution in [0.2, 0.25) is 0 Å². The number of hydrogen-bond acceptors (Lipinski definition) is 2. The fourth-order valence-corrected chi connectivity index (χ4v) is 0.276. The summed E-state index contributed by atoms with van der Waals surface area (Å²) < 4.78 is 0. The quantitative estimate of drug-likeness (QED) is 0.505. The monoisotopic (exact) mass is 130 g/mol. The molecule has 0 radical (unpaired) electrons. The van der Waals surface area contributed by atoms with Crippen molar-refractivity contribution in [2.24, 2.45) is 0 Å². The molecule has 3 nitrogen and oxygen atoms in total. The molecular formula is C6H14N2O. The van der Waals surface area contributed by atoms with Gasteiger partial charge in [-0.05, 0) is 20.8 Å². The van der Waals surface area contributed by atoms with Gasteiger partial charge in [0.25, 0.3) is 0 Å². The fourth-order valence-electron chi connectivity index (χ4n) is 0.276. The Kier molecular flexibility index (Phi) is 2.65. The summed E-state index contributed by atoms with van der Waals surface area (Å²) in [5.41, 5.74) is 5.27. The molecule has 0 aromatic rings. The first-order valence-electron chi connectivity index (χ1n) is 2.95. The Morgan fingerprint density at radius 3 is 1.89 bits per heavy atom. The van der Waals surface area contributed by atoms with Crippen molar-refractivity contribution >= 4 is 5.91 Å². The van der Waals surface area contributed by atoms with E-state index in [2.05, 4.69) is 10.9 Å². The number of nitrogens with one attached hydrogen (secondary N) is 2. The van der Waals surface area contributed by atoms with Crippen LogP contribution in [-0.4, -0.2) is 11.4 Å². The maximum absolute atomic E-state index is 10.3. The molecular weight excluding hydrogens is 116 g/mol. The highest BCUT2D eigenvalue weighted by atomic mass is 16.2. The molecule has 0 rings (SSSR count). The van der Waals surface area contributed by atoms with E-state index in [1.54, 1.807) is 0 Å². The van der Waals surface area contributed by atoms with Crippen LogP contribution in [0.1, 0.15) is 27.7 Å². The number of rotatable bonds is 1. The van der Waals surface area contributed by atoms with Crippen LogP contribution in [0.25, 0.3) is 0 Å². The Morgan fingerprint density at radius 2 is 1.78 bits per heavy atom. The molecule has 1 amide bonds. The van der Waals surface area contributed by atoms with E-state index in [1.165, 1.54) is 6.92 Å². The first-order valence-corrected chi connectivity index (χ1v) is 2.95. The lowest BCUT2D eigenvalue weighted by atomic mass is 10.1. The van der Waals surface area contributed by atoms with E-state index in [1.807, 2.05) is 20.8 Å². The third-order valence-electron chi connectivity index (χ3n) is 0.614. The first-order chi connectivity index (χ1) is 3.92. The van der Waals surface area contributed by atoms with E-state index in [0.717, 1.165) is 0 Å². The minimum atomic E-state index is -0.0649. The highest BCUT2D eigenvalue weighted by Gasteiger charge is 2.07. The standard InChI is InChI=1S/C6H14N2O/c1-5(9)7-8-6(2,3)4/h8H,1-4H3,(H,7,9). The molecule has 54 valence electrons. The molecule has 0 saturated heterocycles. The second-order valence-corrected chi connectivity index (χ2v) is 3.06. The predicted octanol–water partition coefficient (Wildman–Crippen LogP) is 0.426. The number of hydrazine groups is 1. The predicted molar refractivity (Wildman–Crippen MR) is 36.7 cm³/mol. The summed E-state index contributed by atoms with van der Waals surface area (Å²) in [5, 5.41) is 0. The number of carbonyl (C=O) groups is 1. The maximum Gasteiger partial charge on any atom is 0.230 e. The zero-order chi connectivity index (χ0) is 7.49. The second kappa shape index (κ2) is 2.82. The zero-order valence-electron chi connectivity index (χ0n) is 6.41. The summed E-state index contributed by atoms with van der Waals surface area (Å²) in [5.74, 6) is -0.0649. The van der Waals surface area contributed by atoms with E-state index in [-0.39, 0.29) is 11.4 Å². The van der Waals surface area contributed by atoms with E-state index in [4.69, 9.17) is 0 Å². The second-order valence-electron chi connectivity index (χ2n) is 3.06. The SMILES string of the molecule is CC(=O)NNC(C)(C)C. The molecule has 0 aromatic carbocycles. The molecule has 0 aliphatic carbocycles. The van der Waals surface area contributed by atoms with Crippen molar-refractivity contribution in [1.82, 2.24) is 10.9 Å². The summed E-state index contributed by atoms with van der Waals surface area (Å²) in [4.78, 5) is 10.3. The van der Waals surface area contributed by atoms with Gasteiger partial charge in [-0.15, -0.1) is 0 Å². The minimum Gasteiger partial charge on any atom is -0.291 e. The molecule has 0 heterocycles. The van der Waals surface area contributed by atoms with Crippen LogP contribution in [0.4, 0.5) is 0 Å². The van der Waals surface area contributed by atoms with E-state index in [9.17, 15) is 4.79 Å².